The molecule has 1 aromatic heterocycles. The zero-order chi connectivity index (χ0) is 6.69. The van der Waals surface area contributed by atoms with Crippen LogP contribution in [0.4, 0.5) is 0 Å². The molecule has 0 aliphatic rings. The molecule has 0 atom stereocenters. The predicted molar refractivity (Wildman–Crippen MR) is 43.7 cm³/mol. The molecule has 1 aromatic rings. The first-order valence-corrected chi connectivity index (χ1v) is 4.08. The first-order valence-electron chi connectivity index (χ1n) is 2.18. The molecule has 0 bridgehead atoms. The lowest BCUT2D eigenvalue weighted by molar-refractivity contribution is -0.120. The molecule has 0 fully saturated rings. The third-order valence-corrected chi connectivity index (χ3v) is 2.50. The lowest BCUT2D eigenvalue weighted by Crippen LogP contribution is -1.82. The van der Waals surface area contributed by atoms with E-state index >= 15 is 0 Å². The predicted octanol–water partition coefficient (Wildman–Crippen LogP) is 1.89. The molecule has 0 aromatic carbocycles. The second kappa shape index (κ2) is 3.17. The van der Waals surface area contributed by atoms with E-state index < -0.39 is 0 Å². The van der Waals surface area contributed by atoms with Crippen LogP contribution in [0, 0.1) is 2.88 Å². The van der Waals surface area contributed by atoms with E-state index in [2.05, 4.69) is 27.3 Å². The number of carbonyl (C=O) groups excluding carboxylic acids is 1. The Morgan fingerprint density at radius 2 is 2.44 bits per heavy atom. The maximum Gasteiger partial charge on any atom is 0.299 e. The highest BCUT2D eigenvalue weighted by Gasteiger charge is 1.94. The molecule has 0 radical (unpaired) electrons. The van der Waals surface area contributed by atoms with Crippen molar-refractivity contribution in [1.29, 1.82) is 0 Å². The minimum Gasteiger partial charge on any atom is -0.418 e. The Bertz CT molecular complexity index is 208. The molecule has 1 rings (SSSR count). The van der Waals surface area contributed by atoms with Crippen molar-refractivity contribution in [2.75, 3.05) is 0 Å². The van der Waals surface area contributed by atoms with E-state index in [0.29, 0.717) is 11.5 Å². The van der Waals surface area contributed by atoms with E-state index in [-0.39, 0.29) is 0 Å². The second-order valence-corrected chi connectivity index (χ2v) is 4.21. The molecular weight excluding hydrogens is 251 g/mol. The SMILES string of the molecule is O=COc1ccc(I)s1. The molecule has 0 saturated carbocycles. The molecule has 4 heteroatoms. The monoisotopic (exact) mass is 254 g/mol. The highest BCUT2D eigenvalue weighted by Crippen LogP contribution is 2.24. The van der Waals surface area contributed by atoms with Gasteiger partial charge in [-0.15, -0.1) is 0 Å². The van der Waals surface area contributed by atoms with Crippen LogP contribution in [0.3, 0.4) is 0 Å². The normalized spacial score (nSPS) is 9.00. The number of hydrogen-bond donors (Lipinski definition) is 0. The van der Waals surface area contributed by atoms with Gasteiger partial charge in [-0.3, -0.25) is 4.79 Å². The lowest BCUT2D eigenvalue weighted by Gasteiger charge is -1.84. The molecule has 1 heterocycles. The van der Waals surface area contributed by atoms with Gasteiger partial charge in [0.2, 0.25) is 0 Å². The molecule has 9 heavy (non-hydrogen) atoms. The van der Waals surface area contributed by atoms with Gasteiger partial charge in [0.05, 0.1) is 2.88 Å². The molecule has 0 N–H and O–H groups in total. The third kappa shape index (κ3) is 1.94. The van der Waals surface area contributed by atoms with E-state index in [4.69, 9.17) is 0 Å². The highest BCUT2D eigenvalue weighted by molar-refractivity contribution is 14.1. The first-order chi connectivity index (χ1) is 4.33. The summed E-state index contributed by atoms with van der Waals surface area (Å²) in [6.07, 6.45) is 0. The summed E-state index contributed by atoms with van der Waals surface area (Å²) < 4.78 is 5.68. The van der Waals surface area contributed by atoms with Crippen LogP contribution >= 0.6 is 33.9 Å². The molecule has 0 amide bonds. The minimum atomic E-state index is 0.432. The third-order valence-electron chi connectivity index (χ3n) is 0.713. The molecule has 0 saturated heterocycles. The van der Waals surface area contributed by atoms with Crippen molar-refractivity contribution in [2.24, 2.45) is 0 Å². The maximum absolute atomic E-state index is 9.77. The molecule has 0 spiro atoms. The fourth-order valence-electron chi connectivity index (χ4n) is 0.408. The minimum absolute atomic E-state index is 0.432. The van der Waals surface area contributed by atoms with Crippen molar-refractivity contribution in [1.82, 2.24) is 0 Å². The molecule has 2 nitrogen and oxygen atoms in total. The van der Waals surface area contributed by atoms with Crippen LogP contribution < -0.4 is 4.74 Å². The molecular formula is C5H3IO2S. The smallest absolute Gasteiger partial charge is 0.299 e. The Labute approximate surface area is 70.0 Å². The Hall–Kier alpha value is -0.100. The number of ether oxygens (including phenoxy) is 1. The van der Waals surface area contributed by atoms with Crippen LogP contribution in [0.25, 0.3) is 0 Å². The average molecular weight is 254 g/mol. The van der Waals surface area contributed by atoms with Crippen molar-refractivity contribution in [2.45, 2.75) is 0 Å². The number of halogens is 1. The van der Waals surface area contributed by atoms with Gasteiger partial charge >= 0.3 is 0 Å². The highest BCUT2D eigenvalue weighted by atomic mass is 127. The van der Waals surface area contributed by atoms with E-state index in [9.17, 15) is 4.79 Å². The Balaban J connectivity index is 2.72. The molecule has 0 unspecified atom stereocenters. The molecule has 0 aliphatic heterocycles. The van der Waals surface area contributed by atoms with Gasteiger partial charge in [-0.1, -0.05) is 11.3 Å². The van der Waals surface area contributed by atoms with Crippen LogP contribution in [0.2, 0.25) is 0 Å². The summed E-state index contributed by atoms with van der Waals surface area (Å²) in [6.45, 7) is 0.432. The number of carbonyl (C=O) groups is 1. The second-order valence-electron chi connectivity index (χ2n) is 1.27. The summed E-state index contributed by atoms with van der Waals surface area (Å²) in [5.41, 5.74) is 0. The van der Waals surface area contributed by atoms with E-state index in [1.165, 1.54) is 11.3 Å². The van der Waals surface area contributed by atoms with Gasteiger partial charge in [0.1, 0.15) is 0 Å². The molecule has 0 aliphatic carbocycles. The Morgan fingerprint density at radius 3 is 2.89 bits per heavy atom. The lowest BCUT2D eigenvalue weighted by atomic mass is 10.7. The fourth-order valence-corrected chi connectivity index (χ4v) is 1.79. The number of thiophene rings is 1. The summed E-state index contributed by atoms with van der Waals surface area (Å²) >= 11 is 3.61. The van der Waals surface area contributed by atoms with Crippen molar-refractivity contribution in [3.05, 3.63) is 15.0 Å². The van der Waals surface area contributed by atoms with Crippen LogP contribution in [0.5, 0.6) is 5.06 Å². The standard InChI is InChI=1S/C5H3IO2S/c6-4-1-2-5(9-4)8-3-7/h1-3H. The maximum atomic E-state index is 9.77. The van der Waals surface area contributed by atoms with Gasteiger partial charge in [-0.25, -0.2) is 0 Å². The number of rotatable bonds is 2. The summed E-state index contributed by atoms with van der Waals surface area (Å²) in [6, 6.07) is 3.66. The van der Waals surface area contributed by atoms with Crippen LogP contribution in [0.1, 0.15) is 0 Å². The number of hydrogen-bond acceptors (Lipinski definition) is 3. The summed E-state index contributed by atoms with van der Waals surface area (Å²) in [4.78, 5) is 9.77. The first kappa shape index (κ1) is 7.01. The summed E-state index contributed by atoms with van der Waals surface area (Å²) in [7, 11) is 0. The topological polar surface area (TPSA) is 26.3 Å². The van der Waals surface area contributed by atoms with Gasteiger partial charge < -0.3 is 4.74 Å². The zero-order valence-corrected chi connectivity index (χ0v) is 7.31. The zero-order valence-electron chi connectivity index (χ0n) is 4.33. The quantitative estimate of drug-likeness (QED) is 0.595. The average Bonchev–Trinajstić information content (AvgIpc) is 2.17. The van der Waals surface area contributed by atoms with Gasteiger partial charge in [-0.05, 0) is 34.7 Å². The summed E-state index contributed by atoms with van der Waals surface area (Å²) in [5, 5.41) is 0.648. The van der Waals surface area contributed by atoms with E-state index in [1.54, 1.807) is 6.07 Å². The van der Waals surface area contributed by atoms with Crippen molar-refractivity contribution in [3.63, 3.8) is 0 Å². The van der Waals surface area contributed by atoms with Crippen LogP contribution in [-0.4, -0.2) is 6.47 Å². The van der Waals surface area contributed by atoms with Crippen LogP contribution in [0.15, 0.2) is 12.1 Å². The summed E-state index contributed by atoms with van der Waals surface area (Å²) in [5.74, 6) is 0. The van der Waals surface area contributed by atoms with E-state index in [1.807, 2.05) is 6.07 Å². The largest absolute Gasteiger partial charge is 0.418 e. The van der Waals surface area contributed by atoms with Gasteiger partial charge in [-0.2, -0.15) is 0 Å². The van der Waals surface area contributed by atoms with Crippen molar-refractivity contribution in [3.8, 4) is 5.06 Å². The van der Waals surface area contributed by atoms with Crippen LogP contribution in [-0.2, 0) is 4.79 Å². The van der Waals surface area contributed by atoms with Gasteiger partial charge in [0, 0.05) is 0 Å². The van der Waals surface area contributed by atoms with Crippen molar-refractivity contribution < 1.29 is 9.53 Å². The van der Waals surface area contributed by atoms with Crippen molar-refractivity contribution >= 4 is 40.4 Å². The molecule has 48 valence electrons. The van der Waals surface area contributed by atoms with E-state index in [0.717, 1.165) is 2.88 Å². The Morgan fingerprint density at radius 1 is 1.67 bits per heavy atom. The van der Waals surface area contributed by atoms with Gasteiger partial charge in [0.25, 0.3) is 6.47 Å². The fraction of sp³-hybridized carbons (Fsp3) is 0. The Kier molecular flexibility index (Phi) is 2.47. The van der Waals surface area contributed by atoms with Gasteiger partial charge in [0.15, 0.2) is 5.06 Å².